The third-order valence-corrected chi connectivity index (χ3v) is 5.34. The molecule has 6 nitrogen and oxygen atoms in total. The summed E-state index contributed by atoms with van der Waals surface area (Å²) in [5.74, 6) is -0.337. The van der Waals surface area contributed by atoms with Gasteiger partial charge >= 0.3 is 6.09 Å². The molecular formula is C24H28ClFN2O4. The van der Waals surface area contributed by atoms with Gasteiger partial charge in [0.2, 0.25) is 0 Å². The standard InChI is InChI=1S/C24H28ClFN2O4/c1-15-12-19(10-11-28(15)23(30)32-24(2,3)4)31-18-7-5-6-17(14-18)27-22(29)20-9-8-16(26)13-21(20)25/h5-9,13-15,19H,10-12H2,1-4H3,(H,27,29)/t15-,19?/m0/s1. The van der Waals surface area contributed by atoms with Crippen molar-refractivity contribution in [2.24, 2.45) is 0 Å². The van der Waals surface area contributed by atoms with E-state index in [9.17, 15) is 14.0 Å². The van der Waals surface area contributed by atoms with E-state index < -0.39 is 17.3 Å². The monoisotopic (exact) mass is 462 g/mol. The van der Waals surface area contributed by atoms with Crippen LogP contribution in [-0.2, 0) is 4.74 Å². The second-order valence-electron chi connectivity index (χ2n) is 8.89. The summed E-state index contributed by atoms with van der Waals surface area (Å²) in [4.78, 5) is 26.6. The van der Waals surface area contributed by atoms with Crippen molar-refractivity contribution in [3.8, 4) is 5.75 Å². The predicted molar refractivity (Wildman–Crippen MR) is 122 cm³/mol. The van der Waals surface area contributed by atoms with Crippen LogP contribution in [0.3, 0.4) is 0 Å². The van der Waals surface area contributed by atoms with E-state index >= 15 is 0 Å². The Balaban J connectivity index is 1.59. The van der Waals surface area contributed by atoms with Gasteiger partial charge < -0.3 is 19.7 Å². The average molecular weight is 463 g/mol. The summed E-state index contributed by atoms with van der Waals surface area (Å²) in [6.07, 6.45) is 0.959. The molecule has 1 aliphatic rings. The number of carbonyl (C=O) groups excluding carboxylic acids is 2. The number of halogens is 2. The van der Waals surface area contributed by atoms with Gasteiger partial charge in [0, 0.05) is 37.2 Å². The average Bonchev–Trinajstić information content (AvgIpc) is 2.66. The Labute approximate surface area is 192 Å². The molecule has 1 fully saturated rings. The van der Waals surface area contributed by atoms with E-state index in [-0.39, 0.29) is 28.8 Å². The van der Waals surface area contributed by atoms with E-state index in [1.165, 1.54) is 12.1 Å². The Morgan fingerprint density at radius 1 is 1.19 bits per heavy atom. The number of benzene rings is 2. The van der Waals surface area contributed by atoms with Crippen LogP contribution in [-0.4, -0.2) is 41.2 Å². The Morgan fingerprint density at radius 3 is 2.59 bits per heavy atom. The van der Waals surface area contributed by atoms with Crippen molar-refractivity contribution >= 4 is 29.3 Å². The summed E-state index contributed by atoms with van der Waals surface area (Å²) in [7, 11) is 0. The fourth-order valence-corrected chi connectivity index (χ4v) is 3.79. The number of hydrogen-bond donors (Lipinski definition) is 1. The van der Waals surface area contributed by atoms with Gasteiger partial charge in [-0.3, -0.25) is 4.79 Å². The van der Waals surface area contributed by atoms with Crippen molar-refractivity contribution in [1.82, 2.24) is 4.90 Å². The third kappa shape index (κ3) is 6.36. The molecule has 32 heavy (non-hydrogen) atoms. The molecule has 1 aliphatic heterocycles. The van der Waals surface area contributed by atoms with Crippen LogP contribution in [0, 0.1) is 5.82 Å². The molecule has 0 spiro atoms. The summed E-state index contributed by atoms with van der Waals surface area (Å²) in [5.41, 5.74) is 0.183. The van der Waals surface area contributed by atoms with E-state index in [0.717, 1.165) is 6.07 Å². The molecular weight excluding hydrogens is 435 g/mol. The lowest BCUT2D eigenvalue weighted by Crippen LogP contribution is -2.49. The zero-order valence-corrected chi connectivity index (χ0v) is 19.4. The SMILES string of the molecule is C[C@H]1CC(Oc2cccc(NC(=O)c3ccc(F)cc3Cl)c2)CCN1C(=O)OC(C)(C)C. The smallest absolute Gasteiger partial charge is 0.410 e. The van der Waals surface area contributed by atoms with E-state index in [1.807, 2.05) is 33.8 Å². The van der Waals surface area contributed by atoms with Crippen LogP contribution in [0.2, 0.25) is 5.02 Å². The molecule has 0 aliphatic carbocycles. The minimum absolute atomic E-state index is 0.0212. The summed E-state index contributed by atoms with van der Waals surface area (Å²) in [6.45, 7) is 8.06. The summed E-state index contributed by atoms with van der Waals surface area (Å²) in [5, 5.41) is 2.80. The highest BCUT2D eigenvalue weighted by atomic mass is 35.5. The molecule has 2 aromatic carbocycles. The topological polar surface area (TPSA) is 67.9 Å². The number of hydrogen-bond acceptors (Lipinski definition) is 4. The molecule has 8 heteroatoms. The number of carbonyl (C=O) groups is 2. The lowest BCUT2D eigenvalue weighted by molar-refractivity contribution is -0.00102. The van der Waals surface area contributed by atoms with Crippen molar-refractivity contribution in [2.45, 2.75) is 58.3 Å². The van der Waals surface area contributed by atoms with Gasteiger partial charge in [0.1, 0.15) is 23.3 Å². The van der Waals surface area contributed by atoms with Gasteiger partial charge in [-0.15, -0.1) is 0 Å². The molecule has 1 saturated heterocycles. The van der Waals surface area contributed by atoms with Crippen LogP contribution in [0.15, 0.2) is 42.5 Å². The van der Waals surface area contributed by atoms with Gasteiger partial charge in [-0.25, -0.2) is 9.18 Å². The van der Waals surface area contributed by atoms with Crippen molar-refractivity contribution in [1.29, 1.82) is 0 Å². The molecule has 3 rings (SSSR count). The number of ether oxygens (including phenoxy) is 2. The van der Waals surface area contributed by atoms with Gasteiger partial charge in [0.05, 0.1) is 10.6 Å². The highest BCUT2D eigenvalue weighted by Crippen LogP contribution is 2.27. The zero-order valence-electron chi connectivity index (χ0n) is 18.7. The molecule has 1 unspecified atom stereocenters. The maximum absolute atomic E-state index is 13.2. The van der Waals surface area contributed by atoms with Crippen LogP contribution in [0.1, 0.15) is 50.9 Å². The van der Waals surface area contributed by atoms with Crippen LogP contribution in [0.5, 0.6) is 5.75 Å². The number of anilines is 1. The van der Waals surface area contributed by atoms with E-state index in [2.05, 4.69) is 5.32 Å². The molecule has 0 bridgehead atoms. The fraction of sp³-hybridized carbons (Fsp3) is 0.417. The predicted octanol–water partition coefficient (Wildman–Crippen LogP) is 5.90. The van der Waals surface area contributed by atoms with E-state index in [1.54, 1.807) is 23.1 Å². The van der Waals surface area contributed by atoms with Crippen LogP contribution in [0.25, 0.3) is 0 Å². The first-order valence-corrected chi connectivity index (χ1v) is 10.9. The number of likely N-dealkylation sites (tertiary alicyclic amines) is 1. The van der Waals surface area contributed by atoms with Crippen LogP contribution in [0.4, 0.5) is 14.9 Å². The first kappa shape index (κ1) is 23.9. The number of piperidine rings is 1. The second-order valence-corrected chi connectivity index (χ2v) is 9.30. The molecule has 0 aromatic heterocycles. The van der Waals surface area contributed by atoms with Crippen molar-refractivity contribution in [3.63, 3.8) is 0 Å². The number of nitrogens with one attached hydrogen (secondary N) is 1. The fourth-order valence-electron chi connectivity index (χ4n) is 3.54. The lowest BCUT2D eigenvalue weighted by Gasteiger charge is -2.38. The molecule has 2 atom stereocenters. The lowest BCUT2D eigenvalue weighted by atomic mass is 10.0. The van der Waals surface area contributed by atoms with Crippen LogP contribution < -0.4 is 10.1 Å². The highest BCUT2D eigenvalue weighted by molar-refractivity contribution is 6.34. The normalized spacial score (nSPS) is 18.8. The third-order valence-electron chi connectivity index (χ3n) is 5.03. The maximum atomic E-state index is 13.2. The number of nitrogens with zero attached hydrogens (tertiary/aromatic N) is 1. The molecule has 1 N–H and O–H groups in total. The molecule has 172 valence electrons. The molecule has 2 aromatic rings. The Bertz CT molecular complexity index is 992. The first-order chi connectivity index (χ1) is 15.0. The minimum atomic E-state index is -0.535. The quantitative estimate of drug-likeness (QED) is 0.614. The number of amides is 2. The summed E-state index contributed by atoms with van der Waals surface area (Å²) in [6, 6.07) is 10.6. The molecule has 0 saturated carbocycles. The Hall–Kier alpha value is -2.80. The van der Waals surface area contributed by atoms with Gasteiger partial charge in [-0.05, 0) is 58.0 Å². The Morgan fingerprint density at radius 2 is 1.94 bits per heavy atom. The van der Waals surface area contributed by atoms with Gasteiger partial charge in [-0.2, -0.15) is 0 Å². The molecule has 2 amide bonds. The van der Waals surface area contributed by atoms with Gasteiger partial charge in [0.25, 0.3) is 5.91 Å². The van der Waals surface area contributed by atoms with Crippen LogP contribution >= 0.6 is 11.6 Å². The maximum Gasteiger partial charge on any atom is 0.410 e. The van der Waals surface area contributed by atoms with E-state index in [0.29, 0.717) is 30.8 Å². The zero-order chi connectivity index (χ0) is 23.5. The van der Waals surface area contributed by atoms with Crippen molar-refractivity contribution in [2.75, 3.05) is 11.9 Å². The first-order valence-electron chi connectivity index (χ1n) is 10.5. The van der Waals surface area contributed by atoms with Crippen molar-refractivity contribution < 1.29 is 23.5 Å². The number of rotatable bonds is 4. The second kappa shape index (κ2) is 9.77. The largest absolute Gasteiger partial charge is 0.490 e. The summed E-state index contributed by atoms with van der Waals surface area (Å²) < 4.78 is 24.8. The summed E-state index contributed by atoms with van der Waals surface area (Å²) >= 11 is 5.97. The highest BCUT2D eigenvalue weighted by Gasteiger charge is 2.32. The van der Waals surface area contributed by atoms with Gasteiger partial charge in [0.15, 0.2) is 0 Å². The van der Waals surface area contributed by atoms with Gasteiger partial charge in [-0.1, -0.05) is 17.7 Å². The van der Waals surface area contributed by atoms with E-state index in [4.69, 9.17) is 21.1 Å². The molecule has 1 heterocycles. The molecule has 0 radical (unpaired) electrons. The van der Waals surface area contributed by atoms with Crippen molar-refractivity contribution in [3.05, 3.63) is 58.9 Å². The Kier molecular flexibility index (Phi) is 7.29. The minimum Gasteiger partial charge on any atom is -0.490 e.